The van der Waals surface area contributed by atoms with Crippen molar-refractivity contribution in [1.82, 2.24) is 0 Å². The normalized spacial score (nSPS) is 11.4. The van der Waals surface area contributed by atoms with Crippen LogP contribution in [-0.4, -0.2) is 25.2 Å². The van der Waals surface area contributed by atoms with E-state index in [4.69, 9.17) is 14.2 Å². The van der Waals surface area contributed by atoms with Crippen LogP contribution in [0.5, 0.6) is 11.5 Å². The van der Waals surface area contributed by atoms with E-state index < -0.39 is 5.97 Å². The van der Waals surface area contributed by atoms with Crippen molar-refractivity contribution < 1.29 is 23.8 Å². The van der Waals surface area contributed by atoms with Gasteiger partial charge in [0.25, 0.3) is 0 Å². The summed E-state index contributed by atoms with van der Waals surface area (Å²) in [5.41, 5.74) is 0.839. The van der Waals surface area contributed by atoms with Gasteiger partial charge in [-0.1, -0.05) is 26.3 Å². The minimum absolute atomic E-state index is 0.322. The summed E-state index contributed by atoms with van der Waals surface area (Å²) in [4.78, 5) is 24.3. The molecule has 0 spiro atoms. The molecule has 5 heteroatoms. The summed E-state index contributed by atoms with van der Waals surface area (Å²) in [5.74, 6) is 0.523. The molecule has 154 valence electrons. The molecule has 0 saturated carbocycles. The number of hydrogen-bond acceptors (Lipinski definition) is 5. The van der Waals surface area contributed by atoms with Crippen LogP contribution >= 0.6 is 0 Å². The van der Waals surface area contributed by atoms with Gasteiger partial charge < -0.3 is 14.2 Å². The molecule has 0 aromatic heterocycles. The molecule has 0 N–H and O–H groups in total. The number of unbranched alkanes of at least 4 members (excludes halogenated alkanes) is 1. The van der Waals surface area contributed by atoms with Crippen molar-refractivity contribution in [3.8, 4) is 11.5 Å². The fourth-order valence-corrected chi connectivity index (χ4v) is 2.35. The summed E-state index contributed by atoms with van der Waals surface area (Å²) < 4.78 is 16.2. The SMILES string of the molecule is C=CCCCOc1ccc(C(=O)Oc2ccc(C(=O)OC[C@@H](C)CC)cc2)cc1. The predicted molar refractivity (Wildman–Crippen MR) is 113 cm³/mol. The highest BCUT2D eigenvalue weighted by Gasteiger charge is 2.12. The molecule has 2 aromatic carbocycles. The molecule has 2 aromatic rings. The van der Waals surface area contributed by atoms with Crippen molar-refractivity contribution in [2.45, 2.75) is 33.1 Å². The second-order valence-electron chi connectivity index (χ2n) is 6.83. The van der Waals surface area contributed by atoms with Gasteiger partial charge in [-0.05, 0) is 67.3 Å². The minimum Gasteiger partial charge on any atom is -0.494 e. The van der Waals surface area contributed by atoms with Crippen molar-refractivity contribution in [3.63, 3.8) is 0 Å². The highest BCUT2D eigenvalue weighted by molar-refractivity contribution is 5.92. The average molecular weight is 396 g/mol. The van der Waals surface area contributed by atoms with E-state index in [-0.39, 0.29) is 5.97 Å². The lowest BCUT2D eigenvalue weighted by molar-refractivity contribution is 0.0447. The molecule has 0 aliphatic rings. The lowest BCUT2D eigenvalue weighted by Gasteiger charge is -2.10. The predicted octanol–water partition coefficient (Wildman–Crippen LogP) is 5.45. The van der Waals surface area contributed by atoms with E-state index in [1.54, 1.807) is 48.5 Å². The van der Waals surface area contributed by atoms with E-state index in [2.05, 4.69) is 6.58 Å². The van der Waals surface area contributed by atoms with Crippen molar-refractivity contribution in [1.29, 1.82) is 0 Å². The molecule has 2 rings (SSSR count). The van der Waals surface area contributed by atoms with E-state index in [0.717, 1.165) is 19.3 Å². The van der Waals surface area contributed by atoms with Crippen LogP contribution < -0.4 is 9.47 Å². The first-order chi connectivity index (χ1) is 14.0. The third-order valence-corrected chi connectivity index (χ3v) is 4.41. The molecule has 0 unspecified atom stereocenters. The van der Waals surface area contributed by atoms with Gasteiger partial charge in [-0.15, -0.1) is 6.58 Å². The number of esters is 2. The number of rotatable bonds is 11. The Kier molecular flexibility index (Phi) is 8.96. The zero-order chi connectivity index (χ0) is 21.1. The Hall–Kier alpha value is -3.08. The summed E-state index contributed by atoms with van der Waals surface area (Å²) in [7, 11) is 0. The first-order valence-corrected chi connectivity index (χ1v) is 9.86. The zero-order valence-corrected chi connectivity index (χ0v) is 17.1. The Morgan fingerprint density at radius 2 is 1.55 bits per heavy atom. The highest BCUT2D eigenvalue weighted by atomic mass is 16.5. The molecule has 1 atom stereocenters. The van der Waals surface area contributed by atoms with Crippen LogP contribution in [0, 0.1) is 5.92 Å². The van der Waals surface area contributed by atoms with Crippen molar-refractivity contribution in [3.05, 3.63) is 72.3 Å². The molecule has 0 heterocycles. The standard InChI is InChI=1S/C24H28O5/c1-4-6-7-16-27-21-12-8-20(9-13-21)24(26)29-22-14-10-19(11-15-22)23(25)28-17-18(3)5-2/h4,8-15,18H,1,5-7,16-17H2,2-3H3/t18-/m0/s1. The topological polar surface area (TPSA) is 61.8 Å². The summed E-state index contributed by atoms with van der Waals surface area (Å²) in [5, 5.41) is 0. The van der Waals surface area contributed by atoms with Gasteiger partial charge in [0.05, 0.1) is 24.3 Å². The average Bonchev–Trinajstić information content (AvgIpc) is 2.75. The van der Waals surface area contributed by atoms with Crippen molar-refractivity contribution >= 4 is 11.9 Å². The van der Waals surface area contributed by atoms with Gasteiger partial charge in [-0.25, -0.2) is 9.59 Å². The van der Waals surface area contributed by atoms with Crippen LogP contribution in [0.1, 0.15) is 53.8 Å². The fourth-order valence-electron chi connectivity index (χ4n) is 2.35. The Morgan fingerprint density at radius 3 is 2.14 bits per heavy atom. The maximum Gasteiger partial charge on any atom is 0.343 e. The highest BCUT2D eigenvalue weighted by Crippen LogP contribution is 2.17. The smallest absolute Gasteiger partial charge is 0.343 e. The van der Waals surface area contributed by atoms with Crippen molar-refractivity contribution in [2.75, 3.05) is 13.2 Å². The molecule has 0 aliphatic heterocycles. The maximum atomic E-state index is 12.3. The first-order valence-electron chi connectivity index (χ1n) is 9.86. The Labute approximate surface area is 172 Å². The molecule has 0 aliphatic carbocycles. The van der Waals surface area contributed by atoms with Crippen LogP contribution in [0.15, 0.2) is 61.2 Å². The van der Waals surface area contributed by atoms with Crippen LogP contribution in [0.25, 0.3) is 0 Å². The van der Waals surface area contributed by atoms with E-state index in [9.17, 15) is 9.59 Å². The van der Waals surface area contributed by atoms with Crippen LogP contribution in [0.3, 0.4) is 0 Å². The number of benzene rings is 2. The van der Waals surface area contributed by atoms with Crippen LogP contribution in [0.4, 0.5) is 0 Å². The molecule has 5 nitrogen and oxygen atoms in total. The lowest BCUT2D eigenvalue weighted by atomic mass is 10.1. The number of hydrogen-bond donors (Lipinski definition) is 0. The summed E-state index contributed by atoms with van der Waals surface area (Å²) >= 11 is 0. The summed E-state index contributed by atoms with van der Waals surface area (Å²) in [6, 6.07) is 13.1. The third kappa shape index (κ3) is 7.45. The third-order valence-electron chi connectivity index (χ3n) is 4.41. The molecule has 29 heavy (non-hydrogen) atoms. The number of ether oxygens (including phenoxy) is 3. The molecule has 0 saturated heterocycles. The van der Waals surface area contributed by atoms with Gasteiger partial charge in [0.1, 0.15) is 11.5 Å². The van der Waals surface area contributed by atoms with Gasteiger partial charge in [0.2, 0.25) is 0 Å². The minimum atomic E-state index is -0.477. The van der Waals surface area contributed by atoms with Gasteiger partial charge in [0, 0.05) is 0 Å². The largest absolute Gasteiger partial charge is 0.494 e. The quantitative estimate of drug-likeness (QED) is 0.219. The molecular weight excluding hydrogens is 368 g/mol. The van der Waals surface area contributed by atoms with Gasteiger partial charge in [-0.3, -0.25) is 0 Å². The molecular formula is C24H28O5. The van der Waals surface area contributed by atoms with Gasteiger partial charge in [0.15, 0.2) is 0 Å². The zero-order valence-electron chi connectivity index (χ0n) is 17.1. The van der Waals surface area contributed by atoms with E-state index in [0.29, 0.717) is 41.8 Å². The first kappa shape index (κ1) is 22.2. The molecule has 0 bridgehead atoms. The monoisotopic (exact) mass is 396 g/mol. The number of carbonyl (C=O) groups excluding carboxylic acids is 2. The Bertz CT molecular complexity index is 793. The van der Waals surface area contributed by atoms with E-state index in [1.807, 2.05) is 19.9 Å². The lowest BCUT2D eigenvalue weighted by Crippen LogP contribution is -2.12. The van der Waals surface area contributed by atoms with E-state index >= 15 is 0 Å². The Morgan fingerprint density at radius 1 is 0.966 bits per heavy atom. The van der Waals surface area contributed by atoms with Crippen LogP contribution in [0.2, 0.25) is 0 Å². The second-order valence-corrected chi connectivity index (χ2v) is 6.83. The van der Waals surface area contributed by atoms with Crippen molar-refractivity contribution in [2.24, 2.45) is 5.92 Å². The maximum absolute atomic E-state index is 12.3. The molecule has 0 fully saturated rings. The number of allylic oxidation sites excluding steroid dienone is 1. The number of carbonyl (C=O) groups is 2. The Balaban J connectivity index is 1.87. The van der Waals surface area contributed by atoms with E-state index in [1.165, 1.54) is 0 Å². The molecule has 0 radical (unpaired) electrons. The summed E-state index contributed by atoms with van der Waals surface area (Å²) in [6.07, 6.45) is 4.60. The fraction of sp³-hybridized carbons (Fsp3) is 0.333. The van der Waals surface area contributed by atoms with Crippen LogP contribution in [-0.2, 0) is 4.74 Å². The second kappa shape index (κ2) is 11.7. The summed E-state index contributed by atoms with van der Waals surface area (Å²) in [6.45, 7) is 8.73. The van der Waals surface area contributed by atoms with Gasteiger partial charge in [-0.2, -0.15) is 0 Å². The van der Waals surface area contributed by atoms with Gasteiger partial charge >= 0.3 is 11.9 Å². The molecule has 0 amide bonds.